The molecule has 2 aromatic carbocycles. The molecule has 0 aliphatic rings. The van der Waals surface area contributed by atoms with E-state index < -0.39 is 16.7 Å². The van der Waals surface area contributed by atoms with E-state index in [1.54, 1.807) is 0 Å². The number of hydrogen-bond donors (Lipinski definition) is 0. The lowest BCUT2D eigenvalue weighted by Gasteiger charge is -2.04. The van der Waals surface area contributed by atoms with E-state index in [9.17, 15) is 19.3 Å². The average molecular weight is 261 g/mol. The minimum atomic E-state index is -0.783. The van der Waals surface area contributed by atoms with Crippen molar-refractivity contribution >= 4 is 11.7 Å². The molecule has 0 amide bonds. The molecule has 0 radical (unpaired) electrons. The molecule has 0 unspecified atom stereocenters. The Balaban J connectivity index is 2.24. The number of carbonyl (C=O) groups excluding carboxylic acids is 1. The van der Waals surface area contributed by atoms with Crippen molar-refractivity contribution in [2.45, 2.75) is 0 Å². The van der Waals surface area contributed by atoms with Crippen molar-refractivity contribution in [1.29, 1.82) is 0 Å². The van der Waals surface area contributed by atoms with E-state index in [4.69, 9.17) is 4.74 Å². The summed E-state index contributed by atoms with van der Waals surface area (Å²) in [5.74, 6) is -1.42. The van der Waals surface area contributed by atoms with Crippen LogP contribution in [0.25, 0.3) is 0 Å². The van der Waals surface area contributed by atoms with Gasteiger partial charge in [0.25, 0.3) is 0 Å². The van der Waals surface area contributed by atoms with Crippen LogP contribution in [0, 0.1) is 15.9 Å². The molecule has 96 valence electrons. The molecule has 0 atom stereocenters. The van der Waals surface area contributed by atoms with Crippen molar-refractivity contribution in [2.75, 3.05) is 0 Å². The topological polar surface area (TPSA) is 69.4 Å². The predicted octanol–water partition coefficient (Wildman–Crippen LogP) is 2.95. The van der Waals surface area contributed by atoms with Crippen molar-refractivity contribution in [3.8, 4) is 5.75 Å². The highest BCUT2D eigenvalue weighted by Crippen LogP contribution is 2.26. The van der Waals surface area contributed by atoms with Crippen LogP contribution < -0.4 is 4.74 Å². The van der Waals surface area contributed by atoms with Crippen molar-refractivity contribution in [1.82, 2.24) is 0 Å². The first-order valence-corrected chi connectivity index (χ1v) is 5.29. The number of para-hydroxylation sites is 2. The Morgan fingerprint density at radius 3 is 2.37 bits per heavy atom. The predicted molar refractivity (Wildman–Crippen MR) is 64.5 cm³/mol. The molecule has 0 bridgehead atoms. The highest BCUT2D eigenvalue weighted by atomic mass is 19.1. The van der Waals surface area contributed by atoms with E-state index in [-0.39, 0.29) is 17.0 Å². The van der Waals surface area contributed by atoms with Crippen molar-refractivity contribution in [2.24, 2.45) is 0 Å². The first kappa shape index (κ1) is 12.7. The van der Waals surface area contributed by atoms with Gasteiger partial charge in [-0.25, -0.2) is 9.18 Å². The number of nitro benzene ring substituents is 1. The number of benzene rings is 2. The molecule has 0 fully saturated rings. The Morgan fingerprint density at radius 1 is 1.11 bits per heavy atom. The summed E-state index contributed by atoms with van der Waals surface area (Å²) in [6.07, 6.45) is 0. The summed E-state index contributed by atoms with van der Waals surface area (Å²) >= 11 is 0. The van der Waals surface area contributed by atoms with Crippen molar-refractivity contribution in [3.63, 3.8) is 0 Å². The Hall–Kier alpha value is -2.76. The molecule has 0 saturated carbocycles. The second kappa shape index (κ2) is 5.26. The Bertz CT molecular complexity index is 625. The standard InChI is InChI=1S/C13H8FNO4/c14-10-7-5-9(6-8-10)13(16)19-12-4-2-1-3-11(12)15(17)18/h1-8H. The first-order valence-electron chi connectivity index (χ1n) is 5.29. The van der Waals surface area contributed by atoms with Gasteiger partial charge >= 0.3 is 11.7 Å². The lowest BCUT2D eigenvalue weighted by molar-refractivity contribution is -0.385. The summed E-state index contributed by atoms with van der Waals surface area (Å²) in [6.45, 7) is 0. The zero-order valence-corrected chi connectivity index (χ0v) is 9.58. The number of esters is 1. The first-order chi connectivity index (χ1) is 9.08. The van der Waals surface area contributed by atoms with E-state index >= 15 is 0 Å². The maximum Gasteiger partial charge on any atom is 0.343 e. The fourth-order valence-corrected chi connectivity index (χ4v) is 1.44. The molecule has 0 N–H and O–H groups in total. The molecule has 0 aliphatic heterocycles. The van der Waals surface area contributed by atoms with Gasteiger partial charge in [0.05, 0.1) is 10.5 Å². The molecule has 0 aromatic heterocycles. The molecule has 2 rings (SSSR count). The minimum Gasteiger partial charge on any atom is -0.416 e. The molecule has 6 heteroatoms. The largest absolute Gasteiger partial charge is 0.416 e. The van der Waals surface area contributed by atoms with Gasteiger partial charge < -0.3 is 4.74 Å². The zero-order chi connectivity index (χ0) is 13.8. The van der Waals surface area contributed by atoms with Gasteiger partial charge in [0, 0.05) is 6.07 Å². The fraction of sp³-hybridized carbons (Fsp3) is 0. The van der Waals surface area contributed by atoms with Gasteiger partial charge in [0.2, 0.25) is 5.75 Å². The number of hydrogen-bond acceptors (Lipinski definition) is 4. The molecule has 0 aliphatic carbocycles. The van der Waals surface area contributed by atoms with Gasteiger partial charge in [-0.3, -0.25) is 10.1 Å². The average Bonchev–Trinajstić information content (AvgIpc) is 2.39. The Morgan fingerprint density at radius 2 is 1.74 bits per heavy atom. The minimum absolute atomic E-state index is 0.111. The van der Waals surface area contributed by atoms with E-state index in [1.165, 1.54) is 36.4 Å². The van der Waals surface area contributed by atoms with Crippen molar-refractivity contribution in [3.05, 3.63) is 70.0 Å². The third kappa shape index (κ3) is 2.92. The van der Waals surface area contributed by atoms with Crippen LogP contribution in [0.2, 0.25) is 0 Å². The number of nitrogens with zero attached hydrogens (tertiary/aromatic N) is 1. The molecular formula is C13H8FNO4. The summed E-state index contributed by atoms with van der Waals surface area (Å²) < 4.78 is 17.6. The SMILES string of the molecule is O=C(Oc1ccccc1[N+](=O)[O-])c1ccc(F)cc1. The smallest absolute Gasteiger partial charge is 0.343 e. The van der Waals surface area contributed by atoms with Crippen LogP contribution in [0.5, 0.6) is 5.75 Å². The van der Waals surface area contributed by atoms with Gasteiger partial charge in [0.15, 0.2) is 0 Å². The van der Waals surface area contributed by atoms with Gasteiger partial charge in [-0.05, 0) is 30.3 Å². The molecular weight excluding hydrogens is 253 g/mol. The lowest BCUT2D eigenvalue weighted by atomic mass is 10.2. The van der Waals surface area contributed by atoms with Gasteiger partial charge in [0.1, 0.15) is 5.82 Å². The van der Waals surface area contributed by atoms with E-state index in [1.807, 2.05) is 0 Å². The normalized spacial score (nSPS) is 9.95. The Labute approximate surface area is 107 Å². The summed E-state index contributed by atoms with van der Waals surface area (Å²) in [5.41, 5.74) is -0.197. The van der Waals surface area contributed by atoms with Crippen LogP contribution in [0.1, 0.15) is 10.4 Å². The molecule has 19 heavy (non-hydrogen) atoms. The van der Waals surface area contributed by atoms with Crippen LogP contribution >= 0.6 is 0 Å². The van der Waals surface area contributed by atoms with Crippen LogP contribution in [0.15, 0.2) is 48.5 Å². The van der Waals surface area contributed by atoms with Crippen LogP contribution in [0.4, 0.5) is 10.1 Å². The Kier molecular flexibility index (Phi) is 3.51. The number of halogens is 1. The highest BCUT2D eigenvalue weighted by Gasteiger charge is 2.17. The van der Waals surface area contributed by atoms with Crippen LogP contribution in [-0.2, 0) is 0 Å². The molecule has 0 saturated heterocycles. The quantitative estimate of drug-likeness (QED) is 0.368. The summed E-state index contributed by atoms with van der Waals surface area (Å²) in [5, 5.41) is 10.7. The van der Waals surface area contributed by atoms with E-state index in [0.29, 0.717) is 0 Å². The van der Waals surface area contributed by atoms with Gasteiger partial charge in [-0.1, -0.05) is 12.1 Å². The third-order valence-corrected chi connectivity index (χ3v) is 2.34. The fourth-order valence-electron chi connectivity index (χ4n) is 1.44. The maximum absolute atomic E-state index is 12.7. The highest BCUT2D eigenvalue weighted by molar-refractivity contribution is 5.91. The molecule has 2 aromatic rings. The third-order valence-electron chi connectivity index (χ3n) is 2.34. The summed E-state index contributed by atoms with van der Waals surface area (Å²) in [6, 6.07) is 10.2. The van der Waals surface area contributed by atoms with Crippen LogP contribution in [-0.4, -0.2) is 10.9 Å². The number of rotatable bonds is 3. The number of carbonyl (C=O) groups is 1. The molecule has 0 spiro atoms. The second-order valence-corrected chi connectivity index (χ2v) is 3.62. The maximum atomic E-state index is 12.7. The second-order valence-electron chi connectivity index (χ2n) is 3.62. The summed E-state index contributed by atoms with van der Waals surface area (Å²) in [4.78, 5) is 21.8. The van der Waals surface area contributed by atoms with Gasteiger partial charge in [-0.15, -0.1) is 0 Å². The monoisotopic (exact) mass is 261 g/mol. The molecule has 5 nitrogen and oxygen atoms in total. The number of ether oxygens (including phenoxy) is 1. The molecule has 0 heterocycles. The summed E-state index contributed by atoms with van der Waals surface area (Å²) in [7, 11) is 0. The zero-order valence-electron chi connectivity index (χ0n) is 9.58. The van der Waals surface area contributed by atoms with Crippen molar-refractivity contribution < 1.29 is 18.8 Å². The van der Waals surface area contributed by atoms with Gasteiger partial charge in [-0.2, -0.15) is 0 Å². The lowest BCUT2D eigenvalue weighted by Crippen LogP contribution is -2.09. The number of nitro groups is 1. The van der Waals surface area contributed by atoms with E-state index in [2.05, 4.69) is 0 Å². The van der Waals surface area contributed by atoms with E-state index in [0.717, 1.165) is 12.1 Å². The van der Waals surface area contributed by atoms with Crippen LogP contribution in [0.3, 0.4) is 0 Å².